The van der Waals surface area contributed by atoms with Crippen LogP contribution in [0.5, 0.6) is 0 Å². The molecule has 78 valence electrons. The maximum Gasteiger partial charge on any atom is 0.720 e. The molecule has 0 saturated heterocycles. The highest BCUT2D eigenvalue weighted by Crippen LogP contribution is 2.11. The van der Waals surface area contributed by atoms with E-state index in [0.29, 0.717) is 6.42 Å². The van der Waals surface area contributed by atoms with Crippen molar-refractivity contribution in [2.24, 2.45) is 0 Å². The van der Waals surface area contributed by atoms with Gasteiger partial charge in [-0.05, 0) is 20.3 Å². The number of rotatable bonds is 8. The molecule has 0 N–H and O–H groups in total. The quantitative estimate of drug-likeness (QED) is 0.264. The first-order valence-electron chi connectivity index (χ1n) is 4.40. The molecule has 13 heavy (non-hydrogen) atoms. The lowest BCUT2D eigenvalue weighted by molar-refractivity contribution is 0.0281. The summed E-state index contributed by atoms with van der Waals surface area (Å²) in [5, 5.41) is 0. The minimum absolute atomic E-state index is 0.256. The predicted octanol–water partition coefficient (Wildman–Crippen LogP) is 2.06. The monoisotopic (exact) mass is 208 g/mol. The molecule has 0 amide bonds. The Morgan fingerprint density at radius 3 is 2.15 bits per heavy atom. The van der Waals surface area contributed by atoms with Gasteiger partial charge >= 0.3 is 9.14 Å². The fraction of sp³-hybridized carbons (Fsp3) is 0.750. The predicted molar refractivity (Wildman–Crippen MR) is 50.9 cm³/mol. The first-order valence-corrected chi connectivity index (χ1v) is 6.00. The van der Waals surface area contributed by atoms with Crippen LogP contribution in [0.3, 0.4) is 0 Å². The molecule has 0 fully saturated rings. The molecule has 0 bridgehead atoms. The van der Waals surface area contributed by atoms with E-state index in [4.69, 9.17) is 13.3 Å². The standard InChI is InChI=1S/C8H17FO3Si/c1-4-7-8-12-13(9,10-5-2)11-6-3/h4H,1,5-8H2,2-3H3. The third-order valence-electron chi connectivity index (χ3n) is 1.23. The highest BCUT2D eigenvalue weighted by molar-refractivity contribution is 6.52. The molecule has 0 atom stereocenters. The Morgan fingerprint density at radius 1 is 1.23 bits per heavy atom. The second kappa shape index (κ2) is 7.20. The summed E-state index contributed by atoms with van der Waals surface area (Å²) >= 11 is 0. The summed E-state index contributed by atoms with van der Waals surface area (Å²) in [6, 6.07) is 0. The lowest BCUT2D eigenvalue weighted by atomic mass is 10.5. The summed E-state index contributed by atoms with van der Waals surface area (Å²) in [7, 11) is -3.83. The summed E-state index contributed by atoms with van der Waals surface area (Å²) in [5.41, 5.74) is 0. The van der Waals surface area contributed by atoms with Crippen molar-refractivity contribution < 1.29 is 17.4 Å². The Balaban J connectivity index is 3.83. The normalized spacial score (nSPS) is 11.6. The topological polar surface area (TPSA) is 27.7 Å². The van der Waals surface area contributed by atoms with Crippen molar-refractivity contribution in [2.45, 2.75) is 20.3 Å². The van der Waals surface area contributed by atoms with Crippen molar-refractivity contribution in [2.75, 3.05) is 19.8 Å². The molecule has 0 rings (SSSR count). The first kappa shape index (κ1) is 12.8. The summed E-state index contributed by atoms with van der Waals surface area (Å²) in [6.45, 7) is 7.69. The molecule has 0 aliphatic heterocycles. The van der Waals surface area contributed by atoms with E-state index in [1.165, 1.54) is 0 Å². The minimum atomic E-state index is -3.83. The second-order valence-electron chi connectivity index (χ2n) is 2.27. The average molecular weight is 208 g/mol. The molecule has 0 aliphatic rings. The molecule has 0 radical (unpaired) electrons. The number of halogens is 1. The van der Waals surface area contributed by atoms with E-state index in [1.54, 1.807) is 19.9 Å². The molecule has 0 aliphatic carbocycles. The molecule has 0 aromatic carbocycles. The van der Waals surface area contributed by atoms with Crippen LogP contribution in [0, 0.1) is 0 Å². The van der Waals surface area contributed by atoms with Gasteiger partial charge in [0.05, 0.1) is 0 Å². The van der Waals surface area contributed by atoms with E-state index in [2.05, 4.69) is 6.58 Å². The van der Waals surface area contributed by atoms with Crippen LogP contribution in [-0.2, 0) is 13.3 Å². The highest BCUT2D eigenvalue weighted by atomic mass is 28.4. The zero-order valence-electron chi connectivity index (χ0n) is 8.22. The molecule has 0 heterocycles. The summed E-state index contributed by atoms with van der Waals surface area (Å²) in [5.74, 6) is 0. The zero-order valence-corrected chi connectivity index (χ0v) is 9.22. The van der Waals surface area contributed by atoms with Gasteiger partial charge in [0.1, 0.15) is 0 Å². The van der Waals surface area contributed by atoms with Crippen LogP contribution in [0.15, 0.2) is 12.7 Å². The van der Waals surface area contributed by atoms with Crippen LogP contribution in [0.2, 0.25) is 0 Å². The van der Waals surface area contributed by atoms with Crippen molar-refractivity contribution in [3.8, 4) is 0 Å². The van der Waals surface area contributed by atoms with E-state index in [0.717, 1.165) is 0 Å². The Hall–Kier alpha value is -0.233. The summed E-state index contributed by atoms with van der Waals surface area (Å²) < 4.78 is 28.1. The Kier molecular flexibility index (Phi) is 7.07. The van der Waals surface area contributed by atoms with E-state index in [-0.39, 0.29) is 19.8 Å². The molecule has 0 spiro atoms. The van der Waals surface area contributed by atoms with Crippen LogP contribution in [0.25, 0.3) is 0 Å². The molecule has 0 unspecified atom stereocenters. The Labute approximate surface area is 80.0 Å². The fourth-order valence-electron chi connectivity index (χ4n) is 0.734. The third-order valence-corrected chi connectivity index (χ3v) is 3.05. The van der Waals surface area contributed by atoms with Crippen LogP contribution in [-0.4, -0.2) is 29.0 Å². The molecule has 0 saturated carbocycles. The van der Waals surface area contributed by atoms with Crippen molar-refractivity contribution in [1.82, 2.24) is 0 Å². The maximum atomic E-state index is 13.6. The van der Waals surface area contributed by atoms with Crippen molar-refractivity contribution in [3.05, 3.63) is 12.7 Å². The van der Waals surface area contributed by atoms with Crippen molar-refractivity contribution in [3.63, 3.8) is 0 Å². The van der Waals surface area contributed by atoms with Crippen LogP contribution < -0.4 is 0 Å². The molecule has 3 nitrogen and oxygen atoms in total. The molecule has 0 aromatic heterocycles. The van der Waals surface area contributed by atoms with Crippen LogP contribution >= 0.6 is 0 Å². The first-order chi connectivity index (χ1) is 6.18. The molecule has 0 aromatic rings. The van der Waals surface area contributed by atoms with Gasteiger partial charge in [-0.2, -0.15) is 0 Å². The maximum absolute atomic E-state index is 13.6. The summed E-state index contributed by atoms with van der Waals surface area (Å²) in [6.07, 6.45) is 2.26. The van der Waals surface area contributed by atoms with Crippen LogP contribution in [0.1, 0.15) is 20.3 Å². The third kappa shape index (κ3) is 5.92. The molecular weight excluding hydrogens is 191 g/mol. The average Bonchev–Trinajstić information content (AvgIpc) is 2.05. The van der Waals surface area contributed by atoms with E-state index >= 15 is 0 Å². The van der Waals surface area contributed by atoms with Gasteiger partial charge in [-0.1, -0.05) is 6.08 Å². The number of hydrogen-bond acceptors (Lipinski definition) is 3. The van der Waals surface area contributed by atoms with Gasteiger partial charge in [-0.3, -0.25) is 0 Å². The fourth-order valence-corrected chi connectivity index (χ4v) is 2.04. The lowest BCUT2D eigenvalue weighted by Crippen LogP contribution is -2.41. The smallest absolute Gasteiger partial charge is 0.348 e. The van der Waals surface area contributed by atoms with E-state index in [1.807, 2.05) is 0 Å². The second-order valence-corrected chi connectivity index (χ2v) is 4.10. The lowest BCUT2D eigenvalue weighted by Gasteiger charge is -2.18. The van der Waals surface area contributed by atoms with Crippen molar-refractivity contribution >= 4 is 9.14 Å². The van der Waals surface area contributed by atoms with Gasteiger partial charge in [0, 0.05) is 19.8 Å². The van der Waals surface area contributed by atoms with Gasteiger partial charge in [-0.25, -0.2) is 4.11 Å². The highest BCUT2D eigenvalue weighted by Gasteiger charge is 2.43. The summed E-state index contributed by atoms with van der Waals surface area (Å²) in [4.78, 5) is 0. The van der Waals surface area contributed by atoms with Gasteiger partial charge in [0.15, 0.2) is 0 Å². The number of hydrogen-bond donors (Lipinski definition) is 0. The van der Waals surface area contributed by atoms with Gasteiger partial charge < -0.3 is 13.3 Å². The van der Waals surface area contributed by atoms with Gasteiger partial charge in [-0.15, -0.1) is 6.58 Å². The van der Waals surface area contributed by atoms with Crippen LogP contribution in [0.4, 0.5) is 4.11 Å². The largest absolute Gasteiger partial charge is 0.720 e. The van der Waals surface area contributed by atoms with Gasteiger partial charge in [0.2, 0.25) is 0 Å². The zero-order chi connectivity index (χ0) is 10.2. The molecular formula is C8H17FO3Si. The van der Waals surface area contributed by atoms with Crippen molar-refractivity contribution in [1.29, 1.82) is 0 Å². The molecule has 5 heteroatoms. The van der Waals surface area contributed by atoms with Gasteiger partial charge in [0.25, 0.3) is 0 Å². The van der Waals surface area contributed by atoms with E-state index < -0.39 is 9.14 Å². The SMILES string of the molecule is C=CCCO[Si](F)(OCC)OCC. The minimum Gasteiger partial charge on any atom is -0.348 e. The Morgan fingerprint density at radius 2 is 1.77 bits per heavy atom. The Bertz CT molecular complexity index is 137. The van der Waals surface area contributed by atoms with E-state index in [9.17, 15) is 4.11 Å².